The van der Waals surface area contributed by atoms with Crippen molar-refractivity contribution in [3.05, 3.63) is 0 Å². The van der Waals surface area contributed by atoms with E-state index in [1.807, 2.05) is 0 Å². The first kappa shape index (κ1) is 10.3. The van der Waals surface area contributed by atoms with E-state index in [1.165, 1.54) is 6.92 Å². The van der Waals surface area contributed by atoms with E-state index in [4.69, 9.17) is 16.3 Å². The van der Waals surface area contributed by atoms with Gasteiger partial charge in [0.2, 0.25) is 0 Å². The fraction of sp³-hybridized carbons (Fsp3) is 0.714. The van der Waals surface area contributed by atoms with Crippen molar-refractivity contribution in [2.75, 3.05) is 6.61 Å². The van der Waals surface area contributed by atoms with Crippen LogP contribution in [0, 0.1) is 0 Å². The van der Waals surface area contributed by atoms with Gasteiger partial charge in [-0.1, -0.05) is 0 Å². The lowest BCUT2D eigenvalue weighted by atomic mass is 10.1. The third-order valence-electron chi connectivity index (χ3n) is 1.76. The van der Waals surface area contributed by atoms with Crippen LogP contribution in [0.4, 0.5) is 4.79 Å². The molecule has 3 amide bonds. The van der Waals surface area contributed by atoms with E-state index >= 15 is 0 Å². The van der Waals surface area contributed by atoms with Gasteiger partial charge >= 0.3 is 6.03 Å². The highest BCUT2D eigenvalue weighted by Crippen LogP contribution is 2.23. The number of carbonyl (C=O) groups is 2. The molecule has 1 aliphatic rings. The van der Waals surface area contributed by atoms with Gasteiger partial charge < -0.3 is 10.1 Å². The molecule has 2 N–H and O–H groups in total. The molecular weight excluding hydrogens is 196 g/mol. The first-order valence-electron chi connectivity index (χ1n) is 3.91. The molecule has 0 saturated carbocycles. The van der Waals surface area contributed by atoms with Gasteiger partial charge in [-0.15, -0.1) is 11.6 Å². The molecule has 1 heterocycles. The third kappa shape index (κ3) is 1.92. The summed E-state index contributed by atoms with van der Waals surface area (Å²) in [5, 5.41) is 4.47. The van der Waals surface area contributed by atoms with Crippen LogP contribution in [0.3, 0.4) is 0 Å². The molecule has 1 fully saturated rings. The first-order valence-corrected chi connectivity index (χ1v) is 4.28. The Bertz CT molecular complexity index is 242. The molecule has 0 aliphatic carbocycles. The van der Waals surface area contributed by atoms with Crippen LogP contribution in [0.15, 0.2) is 0 Å². The second kappa shape index (κ2) is 3.51. The molecule has 0 spiro atoms. The Morgan fingerprint density at radius 2 is 2.23 bits per heavy atom. The summed E-state index contributed by atoms with van der Waals surface area (Å²) in [6, 6.07) is -0.582. The molecule has 1 rings (SSSR count). The number of hydrogen-bond donors (Lipinski definition) is 2. The Hall–Kier alpha value is -0.810. The van der Waals surface area contributed by atoms with E-state index in [2.05, 4.69) is 10.6 Å². The summed E-state index contributed by atoms with van der Waals surface area (Å²) in [6.45, 7) is 3.62. The largest absolute Gasteiger partial charge is 0.356 e. The number of alkyl halides is 1. The van der Waals surface area contributed by atoms with E-state index in [-0.39, 0.29) is 0 Å². The van der Waals surface area contributed by atoms with Crippen molar-refractivity contribution in [2.45, 2.75) is 24.9 Å². The SMILES string of the molecule is CCO[C@@H]1NC(=O)NC(=O)[C@]1(C)Cl. The number of halogens is 1. The van der Waals surface area contributed by atoms with Gasteiger partial charge in [-0.2, -0.15) is 0 Å². The van der Waals surface area contributed by atoms with E-state index in [1.54, 1.807) is 6.92 Å². The Balaban J connectivity index is 2.78. The number of imide groups is 1. The molecule has 1 saturated heterocycles. The molecule has 74 valence electrons. The standard InChI is InChI=1S/C7H11ClN2O3/c1-3-13-5-7(2,8)4(11)9-6(12)10-5/h5H,3H2,1-2H3,(H2,9,10,11,12)/t5-,7-/m0/s1. The summed E-state index contributed by atoms with van der Waals surface area (Å²) < 4.78 is 5.11. The minimum Gasteiger partial charge on any atom is -0.356 e. The molecule has 0 aromatic carbocycles. The third-order valence-corrected chi connectivity index (χ3v) is 2.13. The number of carbonyl (C=O) groups excluding carboxylic acids is 2. The van der Waals surface area contributed by atoms with Crippen LogP contribution in [0.5, 0.6) is 0 Å². The topological polar surface area (TPSA) is 67.4 Å². The van der Waals surface area contributed by atoms with Crippen molar-refractivity contribution < 1.29 is 14.3 Å². The average Bonchev–Trinajstić information content (AvgIpc) is 2.01. The highest BCUT2D eigenvalue weighted by Gasteiger charge is 2.45. The number of ether oxygens (including phenoxy) is 1. The van der Waals surface area contributed by atoms with Gasteiger partial charge in [-0.3, -0.25) is 10.1 Å². The van der Waals surface area contributed by atoms with Gasteiger partial charge in [-0.05, 0) is 13.8 Å². The van der Waals surface area contributed by atoms with Gasteiger partial charge in [0.25, 0.3) is 5.91 Å². The molecule has 1 aliphatic heterocycles. The summed E-state index contributed by atoms with van der Waals surface area (Å²) >= 11 is 5.88. The highest BCUT2D eigenvalue weighted by atomic mass is 35.5. The molecule has 0 bridgehead atoms. The number of amides is 3. The van der Waals surface area contributed by atoms with Crippen LogP contribution in [-0.4, -0.2) is 29.6 Å². The maximum Gasteiger partial charge on any atom is 0.323 e. The highest BCUT2D eigenvalue weighted by molar-refractivity contribution is 6.36. The van der Waals surface area contributed by atoms with E-state index in [0.717, 1.165) is 0 Å². The lowest BCUT2D eigenvalue weighted by Crippen LogP contribution is -2.65. The van der Waals surface area contributed by atoms with Crippen LogP contribution in [0.2, 0.25) is 0 Å². The van der Waals surface area contributed by atoms with E-state index in [9.17, 15) is 9.59 Å². The van der Waals surface area contributed by atoms with Gasteiger partial charge in [0, 0.05) is 6.61 Å². The molecule has 5 nitrogen and oxygen atoms in total. The van der Waals surface area contributed by atoms with Crippen molar-refractivity contribution in [1.29, 1.82) is 0 Å². The number of rotatable bonds is 2. The number of hydrogen-bond acceptors (Lipinski definition) is 3. The summed E-state index contributed by atoms with van der Waals surface area (Å²) in [7, 11) is 0. The molecule has 2 atom stereocenters. The summed E-state index contributed by atoms with van der Waals surface area (Å²) in [6.07, 6.45) is -0.777. The van der Waals surface area contributed by atoms with Crippen molar-refractivity contribution in [2.24, 2.45) is 0 Å². The van der Waals surface area contributed by atoms with Crippen molar-refractivity contribution in [3.63, 3.8) is 0 Å². The first-order chi connectivity index (χ1) is 5.98. The summed E-state index contributed by atoms with van der Waals surface area (Å²) in [5.41, 5.74) is 0. The normalized spacial score (nSPS) is 33.9. The predicted octanol–water partition coefficient (Wildman–Crippen LogP) is 0.186. The van der Waals surface area contributed by atoms with Crippen molar-refractivity contribution in [1.82, 2.24) is 10.6 Å². The molecule has 6 heteroatoms. The lowest BCUT2D eigenvalue weighted by molar-refractivity contribution is -0.129. The second-order valence-electron chi connectivity index (χ2n) is 2.84. The predicted molar refractivity (Wildman–Crippen MR) is 46.3 cm³/mol. The monoisotopic (exact) mass is 206 g/mol. The fourth-order valence-corrected chi connectivity index (χ4v) is 1.16. The maximum absolute atomic E-state index is 11.2. The molecule has 0 unspecified atom stereocenters. The maximum atomic E-state index is 11.2. The zero-order chi connectivity index (χ0) is 10.1. The smallest absolute Gasteiger partial charge is 0.323 e. The van der Waals surface area contributed by atoms with Crippen LogP contribution in [0.25, 0.3) is 0 Å². The Labute approximate surface area is 80.8 Å². The van der Waals surface area contributed by atoms with E-state index < -0.39 is 23.0 Å². The number of urea groups is 1. The van der Waals surface area contributed by atoms with Crippen LogP contribution in [0.1, 0.15) is 13.8 Å². The summed E-state index contributed by atoms with van der Waals surface area (Å²) in [4.78, 5) is 20.8. The Kier molecular flexibility index (Phi) is 2.77. The fourth-order valence-electron chi connectivity index (χ4n) is 1.000. The zero-order valence-electron chi connectivity index (χ0n) is 7.39. The minimum atomic E-state index is -1.25. The van der Waals surface area contributed by atoms with Crippen LogP contribution < -0.4 is 10.6 Å². The Morgan fingerprint density at radius 3 is 2.77 bits per heavy atom. The van der Waals surface area contributed by atoms with Gasteiger partial charge in [0.1, 0.15) is 0 Å². The number of nitrogens with one attached hydrogen (secondary N) is 2. The molecular formula is C7H11ClN2O3. The Morgan fingerprint density at radius 1 is 1.62 bits per heavy atom. The van der Waals surface area contributed by atoms with Crippen molar-refractivity contribution >= 4 is 23.5 Å². The molecule has 0 radical (unpaired) electrons. The zero-order valence-corrected chi connectivity index (χ0v) is 8.14. The van der Waals surface area contributed by atoms with E-state index in [0.29, 0.717) is 6.61 Å². The molecule has 0 aromatic heterocycles. The van der Waals surface area contributed by atoms with Gasteiger partial charge in [0.15, 0.2) is 11.1 Å². The second-order valence-corrected chi connectivity index (χ2v) is 3.62. The van der Waals surface area contributed by atoms with Crippen molar-refractivity contribution in [3.8, 4) is 0 Å². The minimum absolute atomic E-state index is 0.376. The summed E-state index contributed by atoms with van der Waals surface area (Å²) in [5.74, 6) is -0.545. The average molecular weight is 207 g/mol. The molecule has 0 aromatic rings. The van der Waals surface area contributed by atoms with Gasteiger partial charge in [-0.25, -0.2) is 4.79 Å². The van der Waals surface area contributed by atoms with Crippen LogP contribution in [-0.2, 0) is 9.53 Å². The molecule has 13 heavy (non-hydrogen) atoms. The van der Waals surface area contributed by atoms with Gasteiger partial charge in [0.05, 0.1) is 0 Å². The quantitative estimate of drug-likeness (QED) is 0.634. The lowest BCUT2D eigenvalue weighted by Gasteiger charge is -2.34. The van der Waals surface area contributed by atoms with Crippen LogP contribution >= 0.6 is 11.6 Å².